The molecule has 0 saturated heterocycles. The van der Waals surface area contributed by atoms with Crippen molar-refractivity contribution in [2.75, 3.05) is 5.32 Å². The fourth-order valence-electron chi connectivity index (χ4n) is 3.12. The van der Waals surface area contributed by atoms with Crippen LogP contribution in [-0.4, -0.2) is 15.7 Å². The summed E-state index contributed by atoms with van der Waals surface area (Å²) >= 11 is 1.38. The molecule has 0 bridgehead atoms. The van der Waals surface area contributed by atoms with Crippen LogP contribution in [0.5, 0.6) is 0 Å². The number of aromatic nitrogens is 2. The summed E-state index contributed by atoms with van der Waals surface area (Å²) in [5, 5.41) is 16.1. The lowest BCUT2D eigenvalue weighted by Crippen LogP contribution is -2.25. The van der Waals surface area contributed by atoms with E-state index in [0.717, 1.165) is 46.9 Å². The van der Waals surface area contributed by atoms with Crippen molar-refractivity contribution in [1.29, 1.82) is 5.26 Å². The van der Waals surface area contributed by atoms with Gasteiger partial charge in [0.25, 0.3) is 0 Å². The molecule has 1 amide bonds. The molecule has 0 spiro atoms. The maximum absolute atomic E-state index is 12.8. The number of hydrogen-bond acceptors (Lipinski definition) is 4. The predicted molar refractivity (Wildman–Crippen MR) is 91.0 cm³/mol. The van der Waals surface area contributed by atoms with Gasteiger partial charge in [-0.1, -0.05) is 0 Å². The van der Waals surface area contributed by atoms with Crippen molar-refractivity contribution < 1.29 is 18.0 Å². The second-order valence-electron chi connectivity index (χ2n) is 6.31. The van der Waals surface area contributed by atoms with E-state index in [1.807, 2.05) is 0 Å². The van der Waals surface area contributed by atoms with Gasteiger partial charge in [-0.2, -0.15) is 23.5 Å². The Morgan fingerprint density at radius 2 is 2.12 bits per heavy atom. The average molecular weight is 382 g/mol. The summed E-state index contributed by atoms with van der Waals surface area (Å²) in [6, 6.07) is 2.13. The highest BCUT2D eigenvalue weighted by atomic mass is 32.1. The molecule has 9 heteroatoms. The molecular weight excluding hydrogens is 365 g/mol. The number of thiophene rings is 1. The summed E-state index contributed by atoms with van der Waals surface area (Å²) in [4.78, 5) is 13.7. The average Bonchev–Trinajstić information content (AvgIpc) is 3.13. The van der Waals surface area contributed by atoms with Gasteiger partial charge in [-0.15, -0.1) is 11.3 Å². The number of fused-ring (bicyclic) bond motifs is 1. The third kappa shape index (κ3) is 3.33. The molecule has 2 aromatic heterocycles. The molecule has 5 nitrogen and oxygen atoms in total. The smallest absolute Gasteiger partial charge is 0.315 e. The number of alkyl halides is 3. The van der Waals surface area contributed by atoms with Crippen molar-refractivity contribution in [1.82, 2.24) is 9.78 Å². The number of hydrogen-bond donors (Lipinski definition) is 1. The highest BCUT2D eigenvalue weighted by Gasteiger charge is 2.35. The normalized spacial score (nSPS) is 15.2. The molecule has 0 aromatic carbocycles. The SMILES string of the molecule is Cc1cc(C(F)(F)F)nn1C(C)C(=O)Nc1sc2c(c1C#N)CCCC2. The van der Waals surface area contributed by atoms with E-state index in [2.05, 4.69) is 16.5 Å². The van der Waals surface area contributed by atoms with Gasteiger partial charge in [-0.3, -0.25) is 9.48 Å². The van der Waals surface area contributed by atoms with Gasteiger partial charge in [-0.05, 0) is 51.2 Å². The van der Waals surface area contributed by atoms with Crippen molar-refractivity contribution in [2.24, 2.45) is 0 Å². The fourth-order valence-corrected chi connectivity index (χ4v) is 4.36. The summed E-state index contributed by atoms with van der Waals surface area (Å²) in [6.07, 6.45) is -0.808. The van der Waals surface area contributed by atoms with Crippen molar-refractivity contribution in [3.63, 3.8) is 0 Å². The van der Waals surface area contributed by atoms with Crippen molar-refractivity contribution in [3.05, 3.63) is 33.5 Å². The Morgan fingerprint density at radius 1 is 1.42 bits per heavy atom. The Hall–Kier alpha value is -2.34. The number of aryl methyl sites for hydroxylation is 2. The molecule has 26 heavy (non-hydrogen) atoms. The van der Waals surface area contributed by atoms with Crippen LogP contribution >= 0.6 is 11.3 Å². The molecule has 1 unspecified atom stereocenters. The lowest BCUT2D eigenvalue weighted by Gasteiger charge is -2.14. The van der Waals surface area contributed by atoms with E-state index in [4.69, 9.17) is 0 Å². The van der Waals surface area contributed by atoms with Gasteiger partial charge in [0.2, 0.25) is 5.91 Å². The molecule has 1 aliphatic carbocycles. The number of rotatable bonds is 3. The van der Waals surface area contributed by atoms with Crippen LogP contribution in [0.15, 0.2) is 6.07 Å². The third-order valence-electron chi connectivity index (χ3n) is 4.48. The molecule has 0 radical (unpaired) electrons. The minimum atomic E-state index is -4.56. The van der Waals surface area contributed by atoms with Crippen LogP contribution in [0.1, 0.15) is 53.2 Å². The zero-order chi connectivity index (χ0) is 19.1. The van der Waals surface area contributed by atoms with Gasteiger partial charge >= 0.3 is 6.18 Å². The van der Waals surface area contributed by atoms with Crippen LogP contribution in [0.3, 0.4) is 0 Å². The molecule has 138 valence electrons. The summed E-state index contributed by atoms with van der Waals surface area (Å²) in [7, 11) is 0. The molecule has 1 atom stereocenters. The highest BCUT2D eigenvalue weighted by molar-refractivity contribution is 7.16. The van der Waals surface area contributed by atoms with E-state index in [9.17, 15) is 23.2 Å². The van der Waals surface area contributed by atoms with Gasteiger partial charge in [0.05, 0.1) is 5.56 Å². The Kier molecular flexibility index (Phi) is 4.80. The monoisotopic (exact) mass is 382 g/mol. The van der Waals surface area contributed by atoms with Crippen LogP contribution in [0.4, 0.5) is 18.2 Å². The first-order valence-electron chi connectivity index (χ1n) is 8.21. The predicted octanol–water partition coefficient (Wildman–Crippen LogP) is 4.22. The molecule has 0 aliphatic heterocycles. The molecule has 1 aliphatic rings. The van der Waals surface area contributed by atoms with Gasteiger partial charge in [0.1, 0.15) is 17.1 Å². The first-order valence-corrected chi connectivity index (χ1v) is 9.03. The summed E-state index contributed by atoms with van der Waals surface area (Å²) in [5.41, 5.74) is 0.671. The molecule has 0 saturated carbocycles. The van der Waals surface area contributed by atoms with Gasteiger partial charge < -0.3 is 5.32 Å². The Labute approximate surface area is 152 Å². The first kappa shape index (κ1) is 18.5. The van der Waals surface area contributed by atoms with E-state index in [1.54, 1.807) is 0 Å². The van der Waals surface area contributed by atoms with Crippen LogP contribution in [-0.2, 0) is 23.8 Å². The number of carbonyl (C=O) groups excluding carboxylic acids is 1. The molecule has 0 fully saturated rings. The minimum Gasteiger partial charge on any atom is -0.315 e. The summed E-state index contributed by atoms with van der Waals surface area (Å²) < 4.78 is 39.5. The van der Waals surface area contributed by atoms with E-state index in [-0.39, 0.29) is 5.69 Å². The zero-order valence-corrected chi connectivity index (χ0v) is 15.1. The molecule has 1 N–H and O–H groups in total. The van der Waals surface area contributed by atoms with E-state index in [0.29, 0.717) is 10.6 Å². The quantitative estimate of drug-likeness (QED) is 0.864. The Bertz CT molecular complexity index is 891. The van der Waals surface area contributed by atoms with Crippen molar-refractivity contribution in [2.45, 2.75) is 51.7 Å². The van der Waals surface area contributed by atoms with Crippen LogP contribution in [0, 0.1) is 18.3 Å². The second-order valence-corrected chi connectivity index (χ2v) is 7.41. The largest absolute Gasteiger partial charge is 0.435 e. The third-order valence-corrected chi connectivity index (χ3v) is 5.69. The van der Waals surface area contributed by atoms with Crippen molar-refractivity contribution >= 4 is 22.2 Å². The standard InChI is InChI=1S/C17H17F3N4OS/c1-9-7-14(17(18,19)20)23-24(9)10(2)15(25)22-16-12(8-21)11-5-3-4-6-13(11)26-16/h7,10H,3-6H2,1-2H3,(H,22,25). The van der Waals surface area contributed by atoms with Crippen LogP contribution < -0.4 is 5.32 Å². The van der Waals surface area contributed by atoms with Gasteiger partial charge in [0, 0.05) is 10.6 Å². The number of amides is 1. The number of nitrogens with one attached hydrogen (secondary N) is 1. The lowest BCUT2D eigenvalue weighted by molar-refractivity contribution is -0.141. The van der Waals surface area contributed by atoms with Gasteiger partial charge in [0.15, 0.2) is 5.69 Å². The number of nitriles is 1. The topological polar surface area (TPSA) is 70.7 Å². The Morgan fingerprint density at radius 3 is 2.73 bits per heavy atom. The second kappa shape index (κ2) is 6.76. The summed E-state index contributed by atoms with van der Waals surface area (Å²) in [5.74, 6) is -0.500. The number of anilines is 1. The number of carbonyl (C=O) groups is 1. The minimum absolute atomic E-state index is 0.242. The zero-order valence-electron chi connectivity index (χ0n) is 14.3. The summed E-state index contributed by atoms with van der Waals surface area (Å²) in [6.45, 7) is 2.95. The molecule has 2 heterocycles. The molecule has 3 rings (SSSR count). The molecule has 2 aromatic rings. The van der Waals surface area contributed by atoms with Crippen LogP contribution in [0.25, 0.3) is 0 Å². The van der Waals surface area contributed by atoms with Crippen LogP contribution in [0.2, 0.25) is 0 Å². The lowest BCUT2D eigenvalue weighted by atomic mass is 9.96. The fraction of sp³-hybridized carbons (Fsp3) is 0.471. The van der Waals surface area contributed by atoms with Crippen molar-refractivity contribution in [3.8, 4) is 6.07 Å². The maximum atomic E-state index is 12.8. The highest BCUT2D eigenvalue weighted by Crippen LogP contribution is 2.38. The Balaban J connectivity index is 1.84. The number of nitrogens with zero attached hydrogens (tertiary/aromatic N) is 3. The van der Waals surface area contributed by atoms with E-state index < -0.39 is 23.8 Å². The molecular formula is C17H17F3N4OS. The van der Waals surface area contributed by atoms with E-state index >= 15 is 0 Å². The first-order chi connectivity index (χ1) is 12.2. The maximum Gasteiger partial charge on any atom is 0.435 e. The number of halogens is 3. The van der Waals surface area contributed by atoms with E-state index in [1.165, 1.54) is 25.2 Å². The van der Waals surface area contributed by atoms with Gasteiger partial charge in [-0.25, -0.2) is 0 Å².